The highest BCUT2D eigenvalue weighted by Crippen LogP contribution is 2.33. The van der Waals surface area contributed by atoms with E-state index in [9.17, 15) is 14.4 Å². The van der Waals surface area contributed by atoms with E-state index >= 15 is 0 Å². The van der Waals surface area contributed by atoms with Gasteiger partial charge in [0.1, 0.15) is 16.9 Å². The van der Waals surface area contributed by atoms with Gasteiger partial charge in [-0.25, -0.2) is 4.79 Å². The van der Waals surface area contributed by atoms with Gasteiger partial charge in [-0.2, -0.15) is 0 Å². The number of ether oxygens (including phenoxy) is 2. The van der Waals surface area contributed by atoms with Crippen molar-refractivity contribution in [3.63, 3.8) is 0 Å². The first-order valence-corrected chi connectivity index (χ1v) is 11.3. The zero-order valence-corrected chi connectivity index (χ0v) is 20.2. The molecule has 0 spiro atoms. The van der Waals surface area contributed by atoms with Gasteiger partial charge in [-0.1, -0.05) is 36.4 Å². The van der Waals surface area contributed by atoms with Crippen LogP contribution in [0.25, 0.3) is 0 Å². The summed E-state index contributed by atoms with van der Waals surface area (Å²) >= 11 is 0. The number of hydrogen-bond donors (Lipinski definition) is 0. The monoisotopic (exact) mass is 464 g/mol. The van der Waals surface area contributed by atoms with E-state index < -0.39 is 29.0 Å². The number of benzene rings is 2. The van der Waals surface area contributed by atoms with E-state index in [2.05, 4.69) is 6.58 Å². The van der Waals surface area contributed by atoms with Crippen LogP contribution in [0.1, 0.15) is 43.1 Å². The van der Waals surface area contributed by atoms with Gasteiger partial charge < -0.3 is 9.47 Å². The molecule has 2 aromatic rings. The van der Waals surface area contributed by atoms with Crippen molar-refractivity contribution in [2.24, 2.45) is 0 Å². The molecule has 0 radical (unpaired) electrons. The Morgan fingerprint density at radius 2 is 1.71 bits per heavy atom. The maximum absolute atomic E-state index is 14.0. The lowest BCUT2D eigenvalue weighted by Crippen LogP contribution is -2.69. The van der Waals surface area contributed by atoms with Gasteiger partial charge in [0.15, 0.2) is 0 Å². The Labute approximate surface area is 200 Å². The number of amides is 3. The predicted molar refractivity (Wildman–Crippen MR) is 130 cm³/mol. The summed E-state index contributed by atoms with van der Waals surface area (Å²) in [6.07, 6.45) is 1.42. The number of carbonyl (C=O) groups is 3. The van der Waals surface area contributed by atoms with Crippen molar-refractivity contribution >= 4 is 17.9 Å². The van der Waals surface area contributed by atoms with Crippen LogP contribution >= 0.6 is 0 Å². The molecule has 3 rings (SSSR count). The van der Waals surface area contributed by atoms with Crippen LogP contribution < -0.4 is 4.74 Å². The van der Waals surface area contributed by atoms with E-state index in [1.54, 1.807) is 58.2 Å². The summed E-state index contributed by atoms with van der Waals surface area (Å²) in [4.78, 5) is 43.4. The Bertz CT molecular complexity index is 1040. The molecule has 0 aromatic heterocycles. The average molecular weight is 465 g/mol. The summed E-state index contributed by atoms with van der Waals surface area (Å²) in [6, 6.07) is 16.0. The van der Waals surface area contributed by atoms with Crippen LogP contribution in [0.15, 0.2) is 67.3 Å². The normalized spacial score (nSPS) is 18.4. The fourth-order valence-electron chi connectivity index (χ4n) is 4.16. The molecule has 1 atom stereocenters. The summed E-state index contributed by atoms with van der Waals surface area (Å²) in [5.74, 6) is -0.255. The van der Waals surface area contributed by atoms with E-state index in [1.165, 1.54) is 9.80 Å². The lowest BCUT2D eigenvalue weighted by Gasteiger charge is -2.48. The quantitative estimate of drug-likeness (QED) is 0.466. The van der Waals surface area contributed by atoms with Gasteiger partial charge >= 0.3 is 6.09 Å². The van der Waals surface area contributed by atoms with Crippen molar-refractivity contribution in [1.29, 1.82) is 0 Å². The first kappa shape index (κ1) is 25.0. The molecule has 1 aliphatic rings. The number of hydrogen-bond acceptors (Lipinski definition) is 5. The largest absolute Gasteiger partial charge is 0.497 e. The van der Waals surface area contributed by atoms with Crippen LogP contribution in [0.4, 0.5) is 4.79 Å². The Kier molecular flexibility index (Phi) is 7.44. The Hall–Kier alpha value is -3.61. The van der Waals surface area contributed by atoms with Crippen LogP contribution in [-0.4, -0.2) is 59.0 Å². The van der Waals surface area contributed by atoms with Crippen molar-refractivity contribution in [1.82, 2.24) is 9.80 Å². The second-order valence-corrected chi connectivity index (χ2v) is 9.31. The zero-order chi connectivity index (χ0) is 24.9. The second-order valence-electron chi connectivity index (χ2n) is 9.31. The maximum Gasteiger partial charge on any atom is 0.411 e. The zero-order valence-electron chi connectivity index (χ0n) is 20.2. The fourth-order valence-corrected chi connectivity index (χ4v) is 4.16. The number of piperazine rings is 1. The molecule has 0 unspecified atom stereocenters. The molecule has 7 heteroatoms. The van der Waals surface area contributed by atoms with E-state index in [0.29, 0.717) is 11.3 Å². The number of imide groups is 1. The molecule has 1 saturated heterocycles. The minimum atomic E-state index is -1.34. The van der Waals surface area contributed by atoms with Gasteiger partial charge in [-0.05, 0) is 57.0 Å². The molecule has 1 aliphatic heterocycles. The minimum Gasteiger partial charge on any atom is -0.497 e. The van der Waals surface area contributed by atoms with E-state index in [1.807, 2.05) is 30.3 Å². The van der Waals surface area contributed by atoms with E-state index in [0.717, 1.165) is 5.56 Å². The lowest BCUT2D eigenvalue weighted by atomic mass is 9.82. The summed E-state index contributed by atoms with van der Waals surface area (Å²) < 4.78 is 10.8. The van der Waals surface area contributed by atoms with Gasteiger partial charge in [-0.3, -0.25) is 19.4 Å². The SMILES string of the molecule is C=CC[C@@]1(Cc2ccccc2)C(=O)N(C(=O)c2ccc(OC)cc2)CCN1C(=O)OC(C)(C)C. The molecule has 180 valence electrons. The first-order valence-electron chi connectivity index (χ1n) is 11.3. The van der Waals surface area contributed by atoms with Gasteiger partial charge in [0.2, 0.25) is 0 Å². The standard InChI is InChI=1S/C27H32N2O5/c1-6-16-27(19-20-10-8-7-9-11-20)24(31)28(17-18-29(27)25(32)34-26(2,3)4)23(30)21-12-14-22(33-5)15-13-21/h6-15H,1,16-19H2,2-5H3/t27-/m1/s1. The Morgan fingerprint density at radius 3 is 2.26 bits per heavy atom. The molecule has 1 fully saturated rings. The fraction of sp³-hybridized carbons (Fsp3) is 0.370. The third-order valence-electron chi connectivity index (χ3n) is 5.72. The topological polar surface area (TPSA) is 76.2 Å². The smallest absolute Gasteiger partial charge is 0.411 e. The first-order chi connectivity index (χ1) is 16.1. The third-order valence-corrected chi connectivity index (χ3v) is 5.72. The van der Waals surface area contributed by atoms with Crippen molar-refractivity contribution in [2.45, 2.75) is 44.8 Å². The summed E-state index contributed by atoms with van der Waals surface area (Å²) in [6.45, 7) is 9.41. The molecule has 0 N–H and O–H groups in total. The molecule has 0 aliphatic carbocycles. The Balaban J connectivity index is 2.03. The lowest BCUT2D eigenvalue weighted by molar-refractivity contribution is -0.147. The minimum absolute atomic E-state index is 0.0661. The number of carbonyl (C=O) groups excluding carboxylic acids is 3. The van der Waals surface area contributed by atoms with Crippen LogP contribution in [0.3, 0.4) is 0 Å². The van der Waals surface area contributed by atoms with Crippen molar-refractivity contribution in [3.05, 3.63) is 78.4 Å². The van der Waals surface area contributed by atoms with Crippen molar-refractivity contribution in [2.75, 3.05) is 20.2 Å². The molecule has 2 aromatic carbocycles. The van der Waals surface area contributed by atoms with Crippen molar-refractivity contribution < 1.29 is 23.9 Å². The molecule has 34 heavy (non-hydrogen) atoms. The van der Waals surface area contributed by atoms with Gasteiger partial charge in [0, 0.05) is 25.1 Å². The van der Waals surface area contributed by atoms with E-state index in [-0.39, 0.29) is 25.9 Å². The van der Waals surface area contributed by atoms with Gasteiger partial charge in [-0.15, -0.1) is 6.58 Å². The average Bonchev–Trinajstić information content (AvgIpc) is 2.80. The molecule has 7 nitrogen and oxygen atoms in total. The maximum atomic E-state index is 14.0. The van der Waals surface area contributed by atoms with Gasteiger partial charge in [0.05, 0.1) is 7.11 Å². The van der Waals surface area contributed by atoms with E-state index in [4.69, 9.17) is 9.47 Å². The molecule has 0 bridgehead atoms. The summed E-state index contributed by atoms with van der Waals surface area (Å²) in [5, 5.41) is 0. The second kappa shape index (κ2) is 10.1. The third kappa shape index (κ3) is 5.30. The van der Waals surface area contributed by atoms with Crippen LogP contribution in [0.2, 0.25) is 0 Å². The van der Waals surface area contributed by atoms with Crippen LogP contribution in [-0.2, 0) is 16.0 Å². The van der Waals surface area contributed by atoms with Gasteiger partial charge in [0.25, 0.3) is 11.8 Å². The highest BCUT2D eigenvalue weighted by atomic mass is 16.6. The van der Waals surface area contributed by atoms with Crippen LogP contribution in [0, 0.1) is 0 Å². The number of rotatable bonds is 6. The number of nitrogens with zero attached hydrogens (tertiary/aromatic N) is 2. The molecule has 0 saturated carbocycles. The van der Waals surface area contributed by atoms with Crippen molar-refractivity contribution in [3.8, 4) is 5.75 Å². The molecular formula is C27H32N2O5. The van der Waals surface area contributed by atoms with Crippen LogP contribution in [0.5, 0.6) is 5.75 Å². The summed E-state index contributed by atoms with van der Waals surface area (Å²) in [7, 11) is 1.55. The highest BCUT2D eigenvalue weighted by Gasteiger charge is 2.53. The Morgan fingerprint density at radius 1 is 1.06 bits per heavy atom. The molecular weight excluding hydrogens is 432 g/mol. The number of methoxy groups -OCH3 is 1. The molecule has 1 heterocycles. The summed E-state index contributed by atoms with van der Waals surface area (Å²) in [5.41, 5.74) is -0.841. The predicted octanol–water partition coefficient (Wildman–Crippen LogP) is 4.47. The highest BCUT2D eigenvalue weighted by molar-refractivity contribution is 6.08. The molecule has 3 amide bonds.